The van der Waals surface area contributed by atoms with Crippen molar-refractivity contribution >= 4 is 45.5 Å². The van der Waals surface area contributed by atoms with Gasteiger partial charge in [0.25, 0.3) is 0 Å². The van der Waals surface area contributed by atoms with Gasteiger partial charge in [0.15, 0.2) is 0 Å². The first kappa shape index (κ1) is 23.7. The minimum Gasteiger partial charge on any atom is -0.376 e. The van der Waals surface area contributed by atoms with Crippen LogP contribution in [0.2, 0.25) is 0 Å². The first-order chi connectivity index (χ1) is 17.1. The lowest BCUT2D eigenvalue weighted by molar-refractivity contribution is -0.142. The molecule has 5 rings (SSSR count). The van der Waals surface area contributed by atoms with E-state index in [-0.39, 0.29) is 24.5 Å². The van der Waals surface area contributed by atoms with E-state index in [0.29, 0.717) is 13.1 Å². The molecule has 1 fully saturated rings. The number of amides is 2. The van der Waals surface area contributed by atoms with Crippen LogP contribution >= 0.6 is 22.7 Å². The van der Waals surface area contributed by atoms with Crippen molar-refractivity contribution in [3.05, 3.63) is 68.5 Å². The second-order valence-corrected chi connectivity index (χ2v) is 10.6. The third-order valence-corrected chi connectivity index (χ3v) is 8.10. The minimum absolute atomic E-state index is 0.00811. The molecule has 1 aliphatic heterocycles. The van der Waals surface area contributed by atoms with E-state index in [0.717, 1.165) is 45.8 Å². The lowest BCUT2D eigenvalue weighted by Crippen LogP contribution is -2.45. The van der Waals surface area contributed by atoms with E-state index < -0.39 is 6.04 Å². The largest absolute Gasteiger partial charge is 0.376 e. The quantitative estimate of drug-likeness (QED) is 0.369. The highest BCUT2D eigenvalue weighted by atomic mass is 32.1. The molecule has 0 radical (unpaired) electrons. The number of thiophene rings is 2. The summed E-state index contributed by atoms with van der Waals surface area (Å²) in [6.45, 7) is 3.46. The van der Waals surface area contributed by atoms with Crippen molar-refractivity contribution < 1.29 is 14.3 Å². The molecule has 1 aromatic carbocycles. The molecule has 1 aliphatic rings. The summed E-state index contributed by atoms with van der Waals surface area (Å²) < 4.78 is 7.29. The first-order valence-electron chi connectivity index (χ1n) is 11.6. The number of carbonyl (C=O) groups excluding carboxylic acids is 2. The highest BCUT2D eigenvalue weighted by Crippen LogP contribution is 2.32. The summed E-state index contributed by atoms with van der Waals surface area (Å²) in [6, 6.07) is 12.7. The molecule has 8 nitrogen and oxygen atoms in total. The molecule has 2 atom stereocenters. The van der Waals surface area contributed by atoms with Crippen molar-refractivity contribution in [2.45, 2.75) is 45.0 Å². The molecule has 182 valence electrons. The van der Waals surface area contributed by atoms with Gasteiger partial charge < -0.3 is 15.0 Å². The van der Waals surface area contributed by atoms with E-state index in [9.17, 15) is 9.59 Å². The Balaban J connectivity index is 1.46. The van der Waals surface area contributed by atoms with Gasteiger partial charge in [-0.25, -0.2) is 4.68 Å². The molecular formula is C25H27N5O3S2. The summed E-state index contributed by atoms with van der Waals surface area (Å²) in [4.78, 5) is 31.0. The molecule has 2 amide bonds. The van der Waals surface area contributed by atoms with Crippen LogP contribution in [-0.4, -0.2) is 51.0 Å². The van der Waals surface area contributed by atoms with E-state index in [1.54, 1.807) is 20.9 Å². The van der Waals surface area contributed by atoms with Crippen molar-refractivity contribution in [2.75, 3.05) is 13.2 Å². The normalized spacial score (nSPS) is 16.4. The summed E-state index contributed by atoms with van der Waals surface area (Å²) in [7, 11) is 0. The maximum atomic E-state index is 13.8. The van der Waals surface area contributed by atoms with Crippen molar-refractivity contribution in [1.29, 1.82) is 0 Å². The molecule has 35 heavy (non-hydrogen) atoms. The van der Waals surface area contributed by atoms with Crippen molar-refractivity contribution in [3.8, 4) is 0 Å². The van der Waals surface area contributed by atoms with Gasteiger partial charge in [-0.2, -0.15) is 0 Å². The van der Waals surface area contributed by atoms with E-state index in [1.165, 1.54) is 11.3 Å². The number of ether oxygens (including phenoxy) is 1. The average molecular weight is 510 g/mol. The number of hydrogen-bond donors (Lipinski definition) is 1. The van der Waals surface area contributed by atoms with Crippen LogP contribution < -0.4 is 5.32 Å². The molecule has 4 heterocycles. The molecule has 1 saturated heterocycles. The molecule has 0 aliphatic carbocycles. The third kappa shape index (κ3) is 5.29. The monoisotopic (exact) mass is 509 g/mol. The van der Waals surface area contributed by atoms with Crippen molar-refractivity contribution in [2.24, 2.45) is 0 Å². The fraction of sp³-hybridized carbons (Fsp3) is 0.360. The standard InChI is InChI=1S/C25H27N5O3S2/c1-17-10-13-35-24(17)23(25(32)26-14-18-6-4-11-33-18)29(15-19-7-5-12-34-19)22(31)16-30-21-9-3-2-8-20(21)27-28-30/h2-3,5,7-10,12-13,18,23H,4,6,11,14-16H2,1H3,(H,26,32). The Bertz CT molecular complexity index is 1290. The number of para-hydroxylation sites is 1. The van der Waals surface area contributed by atoms with Gasteiger partial charge in [0, 0.05) is 22.9 Å². The molecule has 1 N–H and O–H groups in total. The fourth-order valence-corrected chi connectivity index (χ4v) is 6.07. The van der Waals surface area contributed by atoms with Crippen LogP contribution in [0.5, 0.6) is 0 Å². The number of nitrogens with zero attached hydrogens (tertiary/aromatic N) is 4. The molecule has 0 spiro atoms. The van der Waals surface area contributed by atoms with Gasteiger partial charge in [-0.1, -0.05) is 23.4 Å². The Morgan fingerprint density at radius 3 is 2.83 bits per heavy atom. The number of hydrogen-bond acceptors (Lipinski definition) is 7. The number of rotatable bonds is 9. The van der Waals surface area contributed by atoms with Gasteiger partial charge in [-0.05, 0) is 60.4 Å². The summed E-state index contributed by atoms with van der Waals surface area (Å²) in [5, 5.41) is 15.4. The smallest absolute Gasteiger partial charge is 0.248 e. The molecule has 0 bridgehead atoms. The van der Waals surface area contributed by atoms with Crippen LogP contribution in [0.3, 0.4) is 0 Å². The van der Waals surface area contributed by atoms with E-state index in [1.807, 2.05) is 60.1 Å². The Morgan fingerprint density at radius 1 is 1.20 bits per heavy atom. The highest BCUT2D eigenvalue weighted by Gasteiger charge is 2.34. The second kappa shape index (κ2) is 10.7. The van der Waals surface area contributed by atoms with Gasteiger partial charge >= 0.3 is 0 Å². The van der Waals surface area contributed by atoms with Crippen LogP contribution in [0.15, 0.2) is 53.2 Å². The minimum atomic E-state index is -0.749. The van der Waals surface area contributed by atoms with Crippen LogP contribution in [0.25, 0.3) is 11.0 Å². The van der Waals surface area contributed by atoms with Gasteiger partial charge in [-0.15, -0.1) is 27.8 Å². The predicted octanol–water partition coefficient (Wildman–Crippen LogP) is 3.93. The first-order valence-corrected chi connectivity index (χ1v) is 13.4. The summed E-state index contributed by atoms with van der Waals surface area (Å²) in [5.41, 5.74) is 2.50. The van der Waals surface area contributed by atoms with Crippen molar-refractivity contribution in [1.82, 2.24) is 25.2 Å². The fourth-order valence-electron chi connectivity index (χ4n) is 4.33. The van der Waals surface area contributed by atoms with Gasteiger partial charge in [0.1, 0.15) is 18.1 Å². The topological polar surface area (TPSA) is 89.4 Å². The van der Waals surface area contributed by atoms with Crippen LogP contribution in [-0.2, 0) is 27.4 Å². The van der Waals surface area contributed by atoms with Gasteiger partial charge in [0.05, 0.1) is 18.2 Å². The maximum Gasteiger partial charge on any atom is 0.248 e. The Hall–Kier alpha value is -3.08. The second-order valence-electron chi connectivity index (χ2n) is 8.59. The average Bonchev–Trinajstić information content (AvgIpc) is 3.67. The number of carbonyl (C=O) groups is 2. The molecule has 2 unspecified atom stereocenters. The Morgan fingerprint density at radius 2 is 2.09 bits per heavy atom. The molecule has 10 heteroatoms. The zero-order chi connectivity index (χ0) is 24.2. The lowest BCUT2D eigenvalue weighted by atomic mass is 10.1. The summed E-state index contributed by atoms with van der Waals surface area (Å²) >= 11 is 3.06. The number of nitrogens with one attached hydrogen (secondary N) is 1. The van der Waals surface area contributed by atoms with Crippen LogP contribution in [0.1, 0.15) is 34.2 Å². The van der Waals surface area contributed by atoms with E-state index in [4.69, 9.17) is 4.74 Å². The van der Waals surface area contributed by atoms with Crippen LogP contribution in [0.4, 0.5) is 0 Å². The highest BCUT2D eigenvalue weighted by molar-refractivity contribution is 7.10. The zero-order valence-corrected chi connectivity index (χ0v) is 21.1. The summed E-state index contributed by atoms with van der Waals surface area (Å²) in [5.74, 6) is -0.390. The SMILES string of the molecule is Cc1ccsc1C(C(=O)NCC1CCCO1)N(Cc1cccs1)C(=O)Cn1nnc2ccccc21. The van der Waals surface area contributed by atoms with Crippen LogP contribution in [0, 0.1) is 6.92 Å². The molecule has 0 saturated carbocycles. The molecular weight excluding hydrogens is 482 g/mol. The van der Waals surface area contributed by atoms with Gasteiger partial charge in [-0.3, -0.25) is 9.59 Å². The van der Waals surface area contributed by atoms with Crippen molar-refractivity contribution in [3.63, 3.8) is 0 Å². The Labute approximate surface area is 211 Å². The number of aryl methyl sites for hydroxylation is 1. The number of benzene rings is 1. The van der Waals surface area contributed by atoms with E-state index >= 15 is 0 Å². The number of fused-ring (bicyclic) bond motifs is 1. The van der Waals surface area contributed by atoms with Gasteiger partial charge in [0.2, 0.25) is 11.8 Å². The summed E-state index contributed by atoms with van der Waals surface area (Å²) in [6.07, 6.45) is 1.95. The Kier molecular flexibility index (Phi) is 7.21. The molecule has 3 aromatic heterocycles. The molecule has 4 aromatic rings. The van der Waals surface area contributed by atoms with E-state index in [2.05, 4.69) is 15.6 Å². The lowest BCUT2D eigenvalue weighted by Gasteiger charge is -2.31. The predicted molar refractivity (Wildman–Crippen MR) is 136 cm³/mol. The zero-order valence-electron chi connectivity index (χ0n) is 19.4. The third-order valence-electron chi connectivity index (χ3n) is 6.17. The maximum absolute atomic E-state index is 13.8. The number of aromatic nitrogens is 3.